The Morgan fingerprint density at radius 1 is 1.47 bits per heavy atom. The van der Waals surface area contributed by atoms with E-state index in [4.69, 9.17) is 14.2 Å². The minimum Gasteiger partial charge on any atom is -0.465 e. The molecule has 3 atom stereocenters. The summed E-state index contributed by atoms with van der Waals surface area (Å²) in [6, 6.07) is 0. The van der Waals surface area contributed by atoms with E-state index in [1.54, 1.807) is 13.8 Å². The van der Waals surface area contributed by atoms with Gasteiger partial charge in [-0.25, -0.2) is 0 Å². The van der Waals surface area contributed by atoms with Crippen LogP contribution in [0.25, 0.3) is 0 Å². The molecule has 0 bridgehead atoms. The molecule has 0 aromatic heterocycles. The number of ether oxygens (including phenoxy) is 3. The molecule has 4 nitrogen and oxygen atoms in total. The quantitative estimate of drug-likeness (QED) is 0.583. The Hall–Kier alpha value is -0.130. The van der Waals surface area contributed by atoms with Crippen molar-refractivity contribution in [3.05, 3.63) is 0 Å². The van der Waals surface area contributed by atoms with Gasteiger partial charge in [-0.1, -0.05) is 29.8 Å². The molecule has 1 heterocycles. The lowest BCUT2D eigenvalue weighted by molar-refractivity contribution is -0.309. The zero-order chi connectivity index (χ0) is 14.8. The van der Waals surface area contributed by atoms with Gasteiger partial charge in [0.2, 0.25) is 0 Å². The van der Waals surface area contributed by atoms with Gasteiger partial charge in [-0.05, 0) is 33.6 Å². The lowest BCUT2D eigenvalue weighted by Crippen LogP contribution is -2.55. The lowest BCUT2D eigenvalue weighted by atomic mass is 9.92. The van der Waals surface area contributed by atoms with E-state index in [2.05, 4.69) is 29.8 Å². The molecule has 0 aliphatic carbocycles. The predicted molar refractivity (Wildman–Crippen MR) is 77.2 cm³/mol. The van der Waals surface area contributed by atoms with Crippen LogP contribution in [0.5, 0.6) is 0 Å². The smallest absolute Gasteiger partial charge is 0.325 e. The van der Waals surface area contributed by atoms with Crippen LogP contribution in [0.1, 0.15) is 48.0 Å². The molecule has 0 spiro atoms. The second-order valence-corrected chi connectivity index (χ2v) is 7.59. The van der Waals surface area contributed by atoms with E-state index in [-0.39, 0.29) is 18.2 Å². The van der Waals surface area contributed by atoms with Gasteiger partial charge >= 0.3 is 5.97 Å². The Balaban J connectivity index is 2.89. The number of esters is 1. The van der Waals surface area contributed by atoms with E-state index >= 15 is 0 Å². The Bertz CT molecular complexity index is 325. The first-order valence-electron chi connectivity index (χ1n) is 6.82. The lowest BCUT2D eigenvalue weighted by Gasteiger charge is -2.45. The maximum Gasteiger partial charge on any atom is 0.325 e. The van der Waals surface area contributed by atoms with Crippen LogP contribution >= 0.6 is 15.9 Å². The molecule has 1 aliphatic heterocycles. The summed E-state index contributed by atoms with van der Waals surface area (Å²) in [6.45, 7) is 11.9. The molecule has 0 N–H and O–H groups in total. The number of halogens is 1. The summed E-state index contributed by atoms with van der Waals surface area (Å²) in [5, 5.41) is 0. The molecule has 1 saturated heterocycles. The average Bonchev–Trinajstić information content (AvgIpc) is 2.27. The highest BCUT2D eigenvalue weighted by atomic mass is 79.9. The largest absolute Gasteiger partial charge is 0.465 e. The van der Waals surface area contributed by atoms with Crippen LogP contribution in [0.4, 0.5) is 0 Å². The van der Waals surface area contributed by atoms with Crippen LogP contribution < -0.4 is 0 Å². The molecule has 0 unspecified atom stereocenters. The van der Waals surface area contributed by atoms with E-state index in [0.29, 0.717) is 18.9 Å². The molecular weight excluding hydrogens is 312 g/mol. The van der Waals surface area contributed by atoms with Gasteiger partial charge in [-0.3, -0.25) is 4.79 Å². The number of hydrogen-bond acceptors (Lipinski definition) is 4. The van der Waals surface area contributed by atoms with Crippen molar-refractivity contribution in [3.8, 4) is 0 Å². The van der Waals surface area contributed by atoms with Crippen LogP contribution in [0, 0.1) is 5.92 Å². The minimum absolute atomic E-state index is 0.0695. The monoisotopic (exact) mass is 336 g/mol. The van der Waals surface area contributed by atoms with Gasteiger partial charge in [-0.2, -0.15) is 0 Å². The zero-order valence-electron chi connectivity index (χ0n) is 12.7. The Morgan fingerprint density at radius 2 is 2.05 bits per heavy atom. The zero-order valence-corrected chi connectivity index (χ0v) is 14.2. The van der Waals surface area contributed by atoms with Crippen molar-refractivity contribution in [1.29, 1.82) is 0 Å². The summed E-state index contributed by atoms with van der Waals surface area (Å²) < 4.78 is 16.1. The Morgan fingerprint density at radius 3 is 2.53 bits per heavy atom. The molecule has 5 heteroatoms. The van der Waals surface area contributed by atoms with Gasteiger partial charge in [0.25, 0.3) is 0 Å². The van der Waals surface area contributed by atoms with E-state index in [1.165, 1.54) is 0 Å². The van der Waals surface area contributed by atoms with Gasteiger partial charge in [-0.15, -0.1) is 0 Å². The summed E-state index contributed by atoms with van der Waals surface area (Å²) in [4.78, 5) is 12.1. The molecule has 1 rings (SSSR count). The summed E-state index contributed by atoms with van der Waals surface area (Å²) in [5.74, 6) is -0.615. The molecule has 19 heavy (non-hydrogen) atoms. The molecular formula is C14H25BrO4. The van der Waals surface area contributed by atoms with Crippen molar-refractivity contribution in [3.63, 3.8) is 0 Å². The predicted octanol–water partition coefficient (Wildman–Crippen LogP) is 3.27. The molecule has 0 aromatic rings. The maximum absolute atomic E-state index is 12.1. The number of carbonyl (C=O) groups excluding carboxylic acids is 1. The third kappa shape index (κ3) is 4.17. The SMILES string of the molecule is CCOC(=O)[C@](C)(Br)[C@H]1C[C@@H](C(C)C)OC(C)(C)O1. The molecule has 0 radical (unpaired) electrons. The van der Waals surface area contributed by atoms with E-state index in [1.807, 2.05) is 13.8 Å². The van der Waals surface area contributed by atoms with Crippen molar-refractivity contribution < 1.29 is 19.0 Å². The third-order valence-electron chi connectivity index (χ3n) is 3.33. The van der Waals surface area contributed by atoms with Crippen LogP contribution in [-0.2, 0) is 19.0 Å². The topological polar surface area (TPSA) is 44.8 Å². The van der Waals surface area contributed by atoms with Gasteiger partial charge in [0.1, 0.15) is 4.32 Å². The van der Waals surface area contributed by atoms with E-state index in [0.717, 1.165) is 0 Å². The standard InChI is InChI=1S/C14H25BrO4/c1-7-17-12(16)14(6,15)11-8-10(9(2)3)18-13(4,5)19-11/h9-11H,7-8H2,1-6H3/t10-,11+,14+/m0/s1. The number of hydrogen-bond donors (Lipinski definition) is 0. The Labute approximate surface area is 124 Å². The van der Waals surface area contributed by atoms with Crippen LogP contribution in [0.15, 0.2) is 0 Å². The molecule has 1 aliphatic rings. The van der Waals surface area contributed by atoms with Gasteiger partial charge in [0.15, 0.2) is 5.79 Å². The fourth-order valence-corrected chi connectivity index (χ4v) is 2.58. The highest BCUT2D eigenvalue weighted by Gasteiger charge is 2.48. The average molecular weight is 337 g/mol. The number of rotatable bonds is 4. The van der Waals surface area contributed by atoms with Crippen molar-refractivity contribution in [1.82, 2.24) is 0 Å². The first-order chi connectivity index (χ1) is 8.60. The maximum atomic E-state index is 12.1. The second kappa shape index (κ2) is 6.10. The third-order valence-corrected chi connectivity index (χ3v) is 4.16. The summed E-state index contributed by atoms with van der Waals surface area (Å²) in [7, 11) is 0. The normalized spacial score (nSPS) is 29.9. The molecule has 0 aromatic carbocycles. The molecule has 0 saturated carbocycles. The fraction of sp³-hybridized carbons (Fsp3) is 0.929. The van der Waals surface area contributed by atoms with Crippen LogP contribution in [0.3, 0.4) is 0 Å². The fourth-order valence-electron chi connectivity index (χ4n) is 2.19. The van der Waals surface area contributed by atoms with E-state index < -0.39 is 10.1 Å². The van der Waals surface area contributed by atoms with Crippen LogP contribution in [0.2, 0.25) is 0 Å². The molecule has 112 valence electrons. The van der Waals surface area contributed by atoms with Crippen molar-refractivity contribution in [2.24, 2.45) is 5.92 Å². The summed E-state index contributed by atoms with van der Waals surface area (Å²) in [5.41, 5.74) is 0. The summed E-state index contributed by atoms with van der Waals surface area (Å²) in [6.07, 6.45) is 0.463. The van der Waals surface area contributed by atoms with Crippen molar-refractivity contribution >= 4 is 21.9 Å². The van der Waals surface area contributed by atoms with Crippen LogP contribution in [-0.4, -0.2) is 34.9 Å². The first kappa shape index (κ1) is 16.9. The molecule has 0 amide bonds. The van der Waals surface area contributed by atoms with Gasteiger partial charge in [0.05, 0.1) is 18.8 Å². The summed E-state index contributed by atoms with van der Waals surface area (Å²) >= 11 is 3.48. The molecule has 1 fully saturated rings. The highest BCUT2D eigenvalue weighted by molar-refractivity contribution is 9.10. The number of carbonyl (C=O) groups is 1. The van der Waals surface area contributed by atoms with Gasteiger partial charge < -0.3 is 14.2 Å². The van der Waals surface area contributed by atoms with E-state index in [9.17, 15) is 4.79 Å². The Kier molecular flexibility index (Phi) is 5.43. The highest BCUT2D eigenvalue weighted by Crippen LogP contribution is 2.38. The minimum atomic E-state index is -0.850. The van der Waals surface area contributed by atoms with Crippen molar-refractivity contribution in [2.75, 3.05) is 6.61 Å². The number of alkyl halides is 1. The second-order valence-electron chi connectivity index (χ2n) is 5.94. The first-order valence-corrected chi connectivity index (χ1v) is 7.61. The van der Waals surface area contributed by atoms with Gasteiger partial charge in [0, 0.05) is 6.42 Å². The van der Waals surface area contributed by atoms with Crippen molar-refractivity contribution in [2.45, 2.75) is 70.3 Å².